The Morgan fingerprint density at radius 2 is 1.86 bits per heavy atom. The van der Waals surface area contributed by atoms with Crippen molar-refractivity contribution in [1.29, 1.82) is 0 Å². The summed E-state index contributed by atoms with van der Waals surface area (Å²) in [5, 5.41) is 5.03. The lowest BCUT2D eigenvalue weighted by Gasteiger charge is -2.17. The highest BCUT2D eigenvalue weighted by Gasteiger charge is 2.28. The van der Waals surface area contributed by atoms with Crippen LogP contribution in [0.15, 0.2) is 60.7 Å². The molecule has 3 aromatic rings. The quantitative estimate of drug-likeness (QED) is 0.626. The van der Waals surface area contributed by atoms with Gasteiger partial charge in [0.05, 0.1) is 12.3 Å². The number of hydrogen-bond acceptors (Lipinski definition) is 3. The van der Waals surface area contributed by atoms with Crippen LogP contribution in [0, 0.1) is 0 Å². The molecule has 0 aliphatic carbocycles. The molecule has 4 rings (SSSR count). The molecule has 148 valence electrons. The molecule has 1 aliphatic rings. The molecular formula is C24H24N2O3. The second-order valence-electron chi connectivity index (χ2n) is 7.10. The minimum atomic E-state index is -0.0193. The highest BCUT2D eigenvalue weighted by Crippen LogP contribution is 2.37. The van der Waals surface area contributed by atoms with E-state index in [0.29, 0.717) is 32.5 Å². The third kappa shape index (κ3) is 3.94. The van der Waals surface area contributed by atoms with Gasteiger partial charge in [-0.3, -0.25) is 9.59 Å². The summed E-state index contributed by atoms with van der Waals surface area (Å²) in [5.74, 6) is 0.805. The first-order chi connectivity index (χ1) is 14.2. The minimum Gasteiger partial charge on any atom is -0.494 e. The summed E-state index contributed by atoms with van der Waals surface area (Å²) in [7, 11) is 0. The van der Waals surface area contributed by atoms with Crippen LogP contribution in [-0.4, -0.2) is 25.0 Å². The van der Waals surface area contributed by atoms with Gasteiger partial charge in [-0.05, 0) is 48.6 Å². The number of hydrogen-bond donors (Lipinski definition) is 1. The third-order valence-electron chi connectivity index (χ3n) is 5.13. The molecule has 2 amide bonds. The maximum atomic E-state index is 12.8. The molecule has 0 fully saturated rings. The Hall–Kier alpha value is -3.34. The number of amides is 2. The summed E-state index contributed by atoms with van der Waals surface area (Å²) in [6.45, 7) is 3.55. The van der Waals surface area contributed by atoms with Gasteiger partial charge in [0, 0.05) is 30.5 Å². The summed E-state index contributed by atoms with van der Waals surface area (Å²) >= 11 is 0. The second kappa shape index (κ2) is 8.35. The molecule has 0 saturated heterocycles. The highest BCUT2D eigenvalue weighted by molar-refractivity contribution is 6.25. The van der Waals surface area contributed by atoms with Crippen LogP contribution in [0.4, 0.5) is 5.69 Å². The van der Waals surface area contributed by atoms with E-state index in [1.165, 1.54) is 0 Å². The van der Waals surface area contributed by atoms with Gasteiger partial charge in [0.25, 0.3) is 5.91 Å². The zero-order valence-electron chi connectivity index (χ0n) is 16.5. The molecular weight excluding hydrogens is 364 g/mol. The lowest BCUT2D eigenvalue weighted by atomic mass is 10.1. The summed E-state index contributed by atoms with van der Waals surface area (Å²) in [6.07, 6.45) is 0.988. The van der Waals surface area contributed by atoms with Crippen LogP contribution >= 0.6 is 0 Å². The molecule has 0 atom stereocenters. The standard InChI is InChI=1S/C24H24N2O3/c1-2-29-19-10-3-7-17(15-19)16-25-22(27)13-6-14-26-21-12-5-9-18-8-4-11-20(23(18)21)24(26)28/h3-5,7-12,15H,2,6,13-14,16H2,1H3,(H,25,27). The Labute approximate surface area is 170 Å². The number of rotatable bonds is 8. The smallest absolute Gasteiger partial charge is 0.258 e. The van der Waals surface area contributed by atoms with Crippen molar-refractivity contribution in [3.8, 4) is 5.75 Å². The van der Waals surface area contributed by atoms with Gasteiger partial charge in [0.15, 0.2) is 0 Å². The molecule has 0 spiro atoms. The number of nitrogens with one attached hydrogen (secondary N) is 1. The van der Waals surface area contributed by atoms with E-state index >= 15 is 0 Å². The first-order valence-electron chi connectivity index (χ1n) is 9.99. The van der Waals surface area contributed by atoms with Crippen LogP contribution in [0.2, 0.25) is 0 Å². The predicted octanol–water partition coefficient (Wildman–Crippen LogP) is 4.30. The van der Waals surface area contributed by atoms with Crippen molar-refractivity contribution in [1.82, 2.24) is 5.32 Å². The van der Waals surface area contributed by atoms with Crippen LogP contribution in [-0.2, 0) is 11.3 Å². The molecule has 0 aromatic heterocycles. The van der Waals surface area contributed by atoms with Crippen molar-refractivity contribution in [3.63, 3.8) is 0 Å². The van der Waals surface area contributed by atoms with Crippen LogP contribution < -0.4 is 15.0 Å². The Bertz CT molecular complexity index is 1060. The maximum Gasteiger partial charge on any atom is 0.258 e. The number of ether oxygens (including phenoxy) is 1. The summed E-state index contributed by atoms with van der Waals surface area (Å²) in [4.78, 5) is 26.8. The van der Waals surface area contributed by atoms with E-state index in [4.69, 9.17) is 4.74 Å². The monoisotopic (exact) mass is 388 g/mol. The number of nitrogens with zero attached hydrogens (tertiary/aromatic N) is 1. The van der Waals surface area contributed by atoms with Crippen LogP contribution in [0.25, 0.3) is 10.8 Å². The van der Waals surface area contributed by atoms with Crippen molar-refractivity contribution in [2.75, 3.05) is 18.1 Å². The molecule has 5 nitrogen and oxygen atoms in total. The molecule has 0 unspecified atom stereocenters. The highest BCUT2D eigenvalue weighted by atomic mass is 16.5. The number of carbonyl (C=O) groups is 2. The molecule has 1 aliphatic heterocycles. The average Bonchev–Trinajstić information content (AvgIpc) is 3.01. The van der Waals surface area contributed by atoms with Gasteiger partial charge in [-0.25, -0.2) is 0 Å². The summed E-state index contributed by atoms with van der Waals surface area (Å²) in [6, 6.07) is 19.5. The fraction of sp³-hybridized carbons (Fsp3) is 0.250. The normalized spacial score (nSPS) is 12.4. The molecule has 0 saturated carbocycles. The van der Waals surface area contributed by atoms with Gasteiger partial charge in [-0.15, -0.1) is 0 Å². The fourth-order valence-corrected chi connectivity index (χ4v) is 3.80. The van der Waals surface area contributed by atoms with Crippen molar-refractivity contribution >= 4 is 28.3 Å². The van der Waals surface area contributed by atoms with Gasteiger partial charge in [0.2, 0.25) is 5.91 Å². The molecule has 5 heteroatoms. The third-order valence-corrected chi connectivity index (χ3v) is 5.13. The van der Waals surface area contributed by atoms with E-state index in [-0.39, 0.29) is 11.8 Å². The number of benzene rings is 3. The molecule has 29 heavy (non-hydrogen) atoms. The molecule has 1 N–H and O–H groups in total. The lowest BCUT2D eigenvalue weighted by molar-refractivity contribution is -0.121. The van der Waals surface area contributed by atoms with Gasteiger partial charge < -0.3 is 15.0 Å². The van der Waals surface area contributed by atoms with Crippen molar-refractivity contribution in [2.45, 2.75) is 26.3 Å². The summed E-state index contributed by atoms with van der Waals surface area (Å²) in [5.41, 5.74) is 2.69. The van der Waals surface area contributed by atoms with Crippen molar-refractivity contribution in [3.05, 3.63) is 71.8 Å². The van der Waals surface area contributed by atoms with Crippen molar-refractivity contribution < 1.29 is 14.3 Å². The zero-order chi connectivity index (χ0) is 20.2. The first kappa shape index (κ1) is 19.0. The fourth-order valence-electron chi connectivity index (χ4n) is 3.80. The minimum absolute atomic E-state index is 0.0185. The average molecular weight is 388 g/mol. The van der Waals surface area contributed by atoms with E-state index < -0.39 is 0 Å². The van der Waals surface area contributed by atoms with Crippen LogP contribution in [0.1, 0.15) is 35.7 Å². The Balaban J connectivity index is 1.31. The van der Waals surface area contributed by atoms with Gasteiger partial charge in [-0.1, -0.05) is 36.4 Å². The second-order valence-corrected chi connectivity index (χ2v) is 7.10. The molecule has 0 radical (unpaired) electrons. The van der Waals surface area contributed by atoms with Crippen molar-refractivity contribution in [2.24, 2.45) is 0 Å². The number of carbonyl (C=O) groups excluding carboxylic acids is 2. The topological polar surface area (TPSA) is 58.6 Å². The van der Waals surface area contributed by atoms with E-state index in [0.717, 1.165) is 33.3 Å². The predicted molar refractivity (Wildman–Crippen MR) is 114 cm³/mol. The van der Waals surface area contributed by atoms with E-state index in [2.05, 4.69) is 5.32 Å². The van der Waals surface area contributed by atoms with Gasteiger partial charge >= 0.3 is 0 Å². The van der Waals surface area contributed by atoms with E-state index in [1.54, 1.807) is 4.90 Å². The SMILES string of the molecule is CCOc1cccc(CNC(=O)CCCN2C(=O)c3cccc4cccc2c34)c1. The van der Waals surface area contributed by atoms with Gasteiger partial charge in [-0.2, -0.15) is 0 Å². The van der Waals surface area contributed by atoms with Gasteiger partial charge in [0.1, 0.15) is 5.75 Å². The number of anilines is 1. The maximum absolute atomic E-state index is 12.8. The lowest BCUT2D eigenvalue weighted by Crippen LogP contribution is -2.29. The Kier molecular flexibility index (Phi) is 5.47. The Morgan fingerprint density at radius 3 is 2.69 bits per heavy atom. The zero-order valence-corrected chi connectivity index (χ0v) is 16.5. The molecule has 3 aromatic carbocycles. The summed E-state index contributed by atoms with van der Waals surface area (Å²) < 4.78 is 5.49. The largest absolute Gasteiger partial charge is 0.494 e. The van der Waals surface area contributed by atoms with E-state index in [9.17, 15) is 9.59 Å². The van der Waals surface area contributed by atoms with Crippen LogP contribution in [0.3, 0.4) is 0 Å². The van der Waals surface area contributed by atoms with E-state index in [1.807, 2.05) is 67.6 Å². The molecule has 1 heterocycles. The first-order valence-corrected chi connectivity index (χ1v) is 9.99. The van der Waals surface area contributed by atoms with Crippen LogP contribution in [0.5, 0.6) is 5.75 Å². The molecule has 0 bridgehead atoms. The Morgan fingerprint density at radius 1 is 1.07 bits per heavy atom.